The second-order valence-electron chi connectivity index (χ2n) is 3.29. The summed E-state index contributed by atoms with van der Waals surface area (Å²) in [5.41, 5.74) is 6.23. The fourth-order valence-electron chi connectivity index (χ4n) is 1.41. The van der Waals surface area contributed by atoms with Crippen LogP contribution in [0.4, 0.5) is 4.39 Å². The van der Waals surface area contributed by atoms with Gasteiger partial charge in [0.1, 0.15) is 0 Å². The van der Waals surface area contributed by atoms with E-state index >= 15 is 0 Å². The highest BCUT2D eigenvalue weighted by molar-refractivity contribution is 5.99. The van der Waals surface area contributed by atoms with Gasteiger partial charge in [0.05, 0.1) is 12.7 Å². The average Bonchev–Trinajstić information content (AvgIpc) is 2.17. The minimum absolute atomic E-state index is 0.000880. The van der Waals surface area contributed by atoms with Crippen molar-refractivity contribution in [3.05, 3.63) is 29.1 Å². The summed E-state index contributed by atoms with van der Waals surface area (Å²) in [6, 6.07) is 2.94. The molecule has 0 saturated carbocycles. The Kier molecular flexibility index (Phi) is 3.80. The lowest BCUT2D eigenvalue weighted by Crippen LogP contribution is -2.10. The number of rotatable bonds is 4. The number of ketones is 1. The Morgan fingerprint density at radius 2 is 2.20 bits per heavy atom. The molecular weight excluding hydrogens is 197 g/mol. The quantitative estimate of drug-likeness (QED) is 0.771. The van der Waals surface area contributed by atoms with Crippen LogP contribution in [0.25, 0.3) is 0 Å². The molecule has 0 aliphatic rings. The van der Waals surface area contributed by atoms with Gasteiger partial charge in [-0.3, -0.25) is 4.79 Å². The van der Waals surface area contributed by atoms with Crippen LogP contribution in [0.3, 0.4) is 0 Å². The van der Waals surface area contributed by atoms with Crippen LogP contribution in [-0.2, 0) is 0 Å². The fourth-order valence-corrected chi connectivity index (χ4v) is 1.41. The smallest absolute Gasteiger partial charge is 0.167 e. The number of methoxy groups -OCH3 is 1. The third-order valence-electron chi connectivity index (χ3n) is 2.06. The van der Waals surface area contributed by atoms with Crippen molar-refractivity contribution in [2.45, 2.75) is 13.3 Å². The van der Waals surface area contributed by atoms with Gasteiger partial charge in [0.15, 0.2) is 17.3 Å². The highest BCUT2D eigenvalue weighted by Crippen LogP contribution is 2.25. The first-order valence-electron chi connectivity index (χ1n) is 4.67. The molecule has 1 aromatic carbocycles. The molecule has 0 fully saturated rings. The molecule has 3 nitrogen and oxygen atoms in total. The van der Waals surface area contributed by atoms with Crippen LogP contribution in [0.1, 0.15) is 22.3 Å². The van der Waals surface area contributed by atoms with Crippen molar-refractivity contribution in [1.82, 2.24) is 0 Å². The second kappa shape index (κ2) is 4.89. The van der Waals surface area contributed by atoms with Crippen LogP contribution in [0.2, 0.25) is 0 Å². The minimum atomic E-state index is -0.516. The lowest BCUT2D eigenvalue weighted by molar-refractivity contribution is 0.0981. The predicted octanol–water partition coefficient (Wildman–Crippen LogP) is 1.67. The Morgan fingerprint density at radius 1 is 1.53 bits per heavy atom. The van der Waals surface area contributed by atoms with Gasteiger partial charge in [-0.05, 0) is 31.2 Å². The highest BCUT2D eigenvalue weighted by Gasteiger charge is 2.16. The van der Waals surface area contributed by atoms with Gasteiger partial charge in [0, 0.05) is 6.42 Å². The zero-order valence-corrected chi connectivity index (χ0v) is 8.84. The monoisotopic (exact) mass is 211 g/mol. The average molecular weight is 211 g/mol. The Bertz CT molecular complexity index is 377. The molecule has 0 unspecified atom stereocenters. The molecule has 0 atom stereocenters. The zero-order valence-electron chi connectivity index (χ0n) is 8.84. The molecule has 82 valence electrons. The van der Waals surface area contributed by atoms with Crippen LogP contribution in [0.5, 0.6) is 5.75 Å². The highest BCUT2D eigenvalue weighted by atomic mass is 19.1. The number of aryl methyl sites for hydroxylation is 1. The molecule has 0 spiro atoms. The van der Waals surface area contributed by atoms with Gasteiger partial charge in [-0.15, -0.1) is 0 Å². The van der Waals surface area contributed by atoms with E-state index in [9.17, 15) is 9.18 Å². The van der Waals surface area contributed by atoms with Crippen LogP contribution >= 0.6 is 0 Å². The Morgan fingerprint density at radius 3 is 2.73 bits per heavy atom. The van der Waals surface area contributed by atoms with E-state index in [1.807, 2.05) is 0 Å². The summed E-state index contributed by atoms with van der Waals surface area (Å²) in [7, 11) is 1.34. The number of carbonyl (C=O) groups excluding carboxylic acids is 1. The number of hydrogen-bond donors (Lipinski definition) is 1. The molecule has 0 bridgehead atoms. The molecule has 1 aromatic rings. The fraction of sp³-hybridized carbons (Fsp3) is 0.364. The first-order valence-corrected chi connectivity index (χ1v) is 4.67. The second-order valence-corrected chi connectivity index (χ2v) is 3.29. The van der Waals surface area contributed by atoms with Gasteiger partial charge in [0.25, 0.3) is 0 Å². The van der Waals surface area contributed by atoms with Crippen LogP contribution < -0.4 is 10.5 Å². The number of halogens is 1. The maximum Gasteiger partial charge on any atom is 0.167 e. The molecule has 0 saturated heterocycles. The number of nitrogens with two attached hydrogens (primary N) is 1. The lowest BCUT2D eigenvalue weighted by Gasteiger charge is -2.09. The summed E-state index contributed by atoms with van der Waals surface area (Å²) in [5, 5.41) is 0. The number of hydrogen-bond acceptors (Lipinski definition) is 3. The first kappa shape index (κ1) is 11.7. The number of carbonyl (C=O) groups is 1. The van der Waals surface area contributed by atoms with Crippen molar-refractivity contribution >= 4 is 5.78 Å². The van der Waals surface area contributed by atoms with Gasteiger partial charge in [-0.25, -0.2) is 4.39 Å². The van der Waals surface area contributed by atoms with E-state index in [1.165, 1.54) is 13.2 Å². The van der Waals surface area contributed by atoms with E-state index in [4.69, 9.17) is 10.5 Å². The van der Waals surface area contributed by atoms with Gasteiger partial charge in [-0.1, -0.05) is 0 Å². The minimum Gasteiger partial charge on any atom is -0.493 e. The van der Waals surface area contributed by atoms with Gasteiger partial charge in [0.2, 0.25) is 0 Å². The van der Waals surface area contributed by atoms with Crippen molar-refractivity contribution in [3.63, 3.8) is 0 Å². The van der Waals surface area contributed by atoms with E-state index in [1.54, 1.807) is 13.0 Å². The molecule has 0 heterocycles. The SMILES string of the molecule is COc1c(F)cc(C)cc1C(=O)CCN. The van der Waals surface area contributed by atoms with E-state index in [2.05, 4.69) is 0 Å². The number of Topliss-reactive ketones (excluding diaryl/α,β-unsaturated/α-hetero) is 1. The summed E-state index contributed by atoms with van der Waals surface area (Å²) < 4.78 is 18.3. The van der Waals surface area contributed by atoms with E-state index < -0.39 is 5.82 Å². The van der Waals surface area contributed by atoms with Gasteiger partial charge >= 0.3 is 0 Å². The summed E-state index contributed by atoms with van der Waals surface area (Å²) in [6.07, 6.45) is 0.194. The third kappa shape index (κ3) is 2.53. The van der Waals surface area contributed by atoms with E-state index in [0.717, 1.165) is 0 Å². The molecule has 4 heteroatoms. The van der Waals surface area contributed by atoms with Crippen LogP contribution in [0, 0.1) is 12.7 Å². The molecule has 15 heavy (non-hydrogen) atoms. The maximum absolute atomic E-state index is 13.4. The number of ether oxygens (including phenoxy) is 1. The van der Waals surface area contributed by atoms with Crippen molar-refractivity contribution in [2.75, 3.05) is 13.7 Å². The molecular formula is C11H14FNO2. The van der Waals surface area contributed by atoms with Crippen molar-refractivity contribution in [2.24, 2.45) is 5.73 Å². The van der Waals surface area contributed by atoms with E-state index in [-0.39, 0.29) is 30.1 Å². The standard InChI is InChI=1S/C11H14FNO2/c1-7-5-8(10(14)3-4-13)11(15-2)9(12)6-7/h5-6H,3-4,13H2,1-2H3. The van der Waals surface area contributed by atoms with E-state index in [0.29, 0.717) is 5.56 Å². The predicted molar refractivity (Wildman–Crippen MR) is 55.7 cm³/mol. The lowest BCUT2D eigenvalue weighted by atomic mass is 10.0. The molecule has 0 aliphatic heterocycles. The summed E-state index contributed by atoms with van der Waals surface area (Å²) in [5.74, 6) is -0.714. The summed E-state index contributed by atoms with van der Waals surface area (Å²) >= 11 is 0. The number of benzene rings is 1. The van der Waals surface area contributed by atoms with Crippen LogP contribution in [-0.4, -0.2) is 19.4 Å². The van der Waals surface area contributed by atoms with Crippen molar-refractivity contribution in [1.29, 1.82) is 0 Å². The van der Waals surface area contributed by atoms with Crippen LogP contribution in [0.15, 0.2) is 12.1 Å². The van der Waals surface area contributed by atoms with Crippen molar-refractivity contribution in [3.8, 4) is 5.75 Å². The first-order chi connectivity index (χ1) is 7.10. The molecule has 1 rings (SSSR count). The zero-order chi connectivity index (χ0) is 11.4. The molecule has 0 aliphatic carbocycles. The topological polar surface area (TPSA) is 52.3 Å². The Labute approximate surface area is 88.0 Å². The summed E-state index contributed by atoms with van der Waals surface area (Å²) in [6.45, 7) is 1.97. The molecule has 2 N–H and O–H groups in total. The molecule has 0 aromatic heterocycles. The van der Waals surface area contributed by atoms with Gasteiger partial charge in [-0.2, -0.15) is 0 Å². The Hall–Kier alpha value is -1.42. The maximum atomic E-state index is 13.4. The molecule has 0 radical (unpaired) electrons. The Balaban J connectivity index is 3.20. The normalized spacial score (nSPS) is 10.1. The third-order valence-corrected chi connectivity index (χ3v) is 2.06. The van der Waals surface area contributed by atoms with Crippen molar-refractivity contribution < 1.29 is 13.9 Å². The van der Waals surface area contributed by atoms with Gasteiger partial charge < -0.3 is 10.5 Å². The molecule has 0 amide bonds. The summed E-state index contributed by atoms with van der Waals surface area (Å²) in [4.78, 5) is 11.6. The largest absolute Gasteiger partial charge is 0.493 e.